The summed E-state index contributed by atoms with van der Waals surface area (Å²) in [6.45, 7) is 0.898. The number of urea groups is 1. The molecule has 2 aromatic carbocycles. The zero-order valence-corrected chi connectivity index (χ0v) is 18.2. The summed E-state index contributed by atoms with van der Waals surface area (Å²) in [4.78, 5) is 14.5. The van der Waals surface area contributed by atoms with Crippen molar-refractivity contribution in [3.8, 4) is 11.5 Å². The zero-order chi connectivity index (χ0) is 21.3. The van der Waals surface area contributed by atoms with E-state index in [0.29, 0.717) is 19.2 Å². The van der Waals surface area contributed by atoms with Crippen molar-refractivity contribution >= 4 is 6.03 Å². The number of methoxy groups -OCH3 is 1. The fourth-order valence-electron chi connectivity index (χ4n) is 3.89. The summed E-state index contributed by atoms with van der Waals surface area (Å²) in [7, 11) is 5.65. The Morgan fingerprint density at radius 1 is 1.03 bits per heavy atom. The molecule has 2 aromatic rings. The monoisotopic (exact) mass is 411 g/mol. The predicted octanol–water partition coefficient (Wildman–Crippen LogP) is 4.12. The maximum absolute atomic E-state index is 12.5. The van der Waals surface area contributed by atoms with Crippen LogP contribution in [0.15, 0.2) is 48.5 Å². The number of carbonyl (C=O) groups excluding carboxylic acids is 1. The van der Waals surface area contributed by atoms with Gasteiger partial charge in [-0.1, -0.05) is 36.4 Å². The van der Waals surface area contributed by atoms with Crippen LogP contribution in [0.4, 0.5) is 4.79 Å². The van der Waals surface area contributed by atoms with E-state index in [1.807, 2.05) is 62.6 Å². The third-order valence-corrected chi connectivity index (χ3v) is 5.59. The van der Waals surface area contributed by atoms with Crippen molar-refractivity contribution in [1.29, 1.82) is 0 Å². The number of nitrogens with one attached hydrogen (secondary N) is 2. The van der Waals surface area contributed by atoms with Crippen LogP contribution >= 0.6 is 0 Å². The number of likely N-dealkylation sites (N-methyl/N-ethyl adjacent to an activating group) is 1. The number of para-hydroxylation sites is 2. The molecule has 0 heterocycles. The van der Waals surface area contributed by atoms with E-state index in [1.165, 1.54) is 12.8 Å². The first-order chi connectivity index (χ1) is 14.6. The summed E-state index contributed by atoms with van der Waals surface area (Å²) in [5.41, 5.74) is 2.04. The van der Waals surface area contributed by atoms with Crippen LogP contribution < -0.4 is 20.1 Å². The molecule has 6 heteroatoms. The average molecular weight is 412 g/mol. The van der Waals surface area contributed by atoms with Gasteiger partial charge < -0.3 is 25.0 Å². The van der Waals surface area contributed by atoms with Crippen LogP contribution in [0, 0.1) is 0 Å². The van der Waals surface area contributed by atoms with Gasteiger partial charge in [-0.2, -0.15) is 0 Å². The molecule has 6 nitrogen and oxygen atoms in total. The molecule has 0 radical (unpaired) electrons. The summed E-state index contributed by atoms with van der Waals surface area (Å²) in [5, 5.41) is 5.95. The summed E-state index contributed by atoms with van der Waals surface area (Å²) in [5.74, 6) is 1.68. The van der Waals surface area contributed by atoms with Gasteiger partial charge in [0.2, 0.25) is 0 Å². The molecule has 30 heavy (non-hydrogen) atoms. The number of hydrogen-bond donors (Lipinski definition) is 2. The van der Waals surface area contributed by atoms with Gasteiger partial charge in [-0.3, -0.25) is 0 Å². The number of rotatable bonds is 9. The van der Waals surface area contributed by atoms with Crippen molar-refractivity contribution in [2.24, 2.45) is 0 Å². The maximum atomic E-state index is 12.5. The topological polar surface area (TPSA) is 62.8 Å². The van der Waals surface area contributed by atoms with Crippen LogP contribution in [0.1, 0.15) is 42.9 Å². The molecule has 0 aromatic heterocycles. The fourth-order valence-corrected chi connectivity index (χ4v) is 3.89. The Hall–Kier alpha value is -2.73. The summed E-state index contributed by atoms with van der Waals surface area (Å²) < 4.78 is 11.6. The van der Waals surface area contributed by atoms with E-state index >= 15 is 0 Å². The maximum Gasteiger partial charge on any atom is 0.315 e. The molecule has 0 spiro atoms. The Morgan fingerprint density at radius 3 is 2.40 bits per heavy atom. The molecule has 2 amide bonds. The fraction of sp³-hybridized carbons (Fsp3) is 0.458. The Bertz CT molecular complexity index is 819. The molecule has 3 rings (SSSR count). The van der Waals surface area contributed by atoms with Crippen LogP contribution in [0.2, 0.25) is 0 Å². The van der Waals surface area contributed by atoms with E-state index in [9.17, 15) is 4.79 Å². The third-order valence-electron chi connectivity index (χ3n) is 5.59. The van der Waals surface area contributed by atoms with Gasteiger partial charge in [0.05, 0.1) is 19.3 Å². The molecule has 2 N–H and O–H groups in total. The molecule has 1 saturated carbocycles. The van der Waals surface area contributed by atoms with Gasteiger partial charge in [0, 0.05) is 24.2 Å². The van der Waals surface area contributed by atoms with Crippen molar-refractivity contribution in [2.45, 2.75) is 44.4 Å². The van der Waals surface area contributed by atoms with E-state index < -0.39 is 0 Å². The second-order valence-electron chi connectivity index (χ2n) is 7.92. The Morgan fingerprint density at radius 2 is 1.70 bits per heavy atom. The minimum Gasteiger partial charge on any atom is -0.496 e. The summed E-state index contributed by atoms with van der Waals surface area (Å²) in [6.07, 6.45) is 4.97. The Kier molecular flexibility index (Phi) is 7.97. The highest BCUT2D eigenvalue weighted by atomic mass is 16.5. The van der Waals surface area contributed by atoms with E-state index in [1.54, 1.807) is 7.11 Å². The number of nitrogens with zero attached hydrogens (tertiary/aromatic N) is 1. The van der Waals surface area contributed by atoms with Crippen LogP contribution in [-0.2, 0) is 6.54 Å². The number of hydrogen-bond acceptors (Lipinski definition) is 4. The van der Waals surface area contributed by atoms with Crippen LogP contribution in [-0.4, -0.2) is 44.8 Å². The summed E-state index contributed by atoms with van der Waals surface area (Å²) in [6, 6.07) is 15.6. The molecule has 1 unspecified atom stereocenters. The van der Waals surface area contributed by atoms with Crippen molar-refractivity contribution in [2.75, 3.05) is 27.7 Å². The molecular weight excluding hydrogens is 378 g/mol. The Balaban J connectivity index is 1.55. The minimum atomic E-state index is -0.201. The molecule has 1 aliphatic carbocycles. The second kappa shape index (κ2) is 10.9. The smallest absolute Gasteiger partial charge is 0.315 e. The molecule has 1 atom stereocenters. The van der Waals surface area contributed by atoms with Crippen LogP contribution in [0.5, 0.6) is 11.5 Å². The van der Waals surface area contributed by atoms with E-state index in [-0.39, 0.29) is 12.1 Å². The first-order valence-electron chi connectivity index (χ1n) is 10.6. The molecule has 162 valence electrons. The lowest BCUT2D eigenvalue weighted by molar-refractivity contribution is 0.207. The van der Waals surface area contributed by atoms with Gasteiger partial charge in [-0.15, -0.1) is 0 Å². The number of ether oxygens (including phenoxy) is 2. The molecule has 0 aliphatic heterocycles. The standard InChI is InChI=1S/C24H33N3O3/c1-27(2)21(20-13-7-9-15-23(20)29-3)17-26-24(28)25-16-18-10-4-8-14-22(18)30-19-11-5-6-12-19/h4,7-10,13-15,19,21H,5-6,11-12,16-17H2,1-3H3,(H2,25,26,28). The minimum absolute atomic E-state index is 0.00452. The van der Waals surface area contributed by atoms with Crippen LogP contribution in [0.3, 0.4) is 0 Å². The lowest BCUT2D eigenvalue weighted by atomic mass is 10.0. The molecule has 0 bridgehead atoms. The number of carbonyl (C=O) groups is 1. The highest BCUT2D eigenvalue weighted by molar-refractivity contribution is 5.74. The molecule has 1 fully saturated rings. The van der Waals surface area contributed by atoms with Gasteiger partial charge in [-0.25, -0.2) is 4.79 Å². The highest BCUT2D eigenvalue weighted by Gasteiger charge is 2.20. The lowest BCUT2D eigenvalue weighted by Crippen LogP contribution is -2.40. The zero-order valence-electron chi connectivity index (χ0n) is 18.2. The normalized spacial score (nSPS) is 15.1. The quantitative estimate of drug-likeness (QED) is 0.652. The Labute approximate surface area is 179 Å². The van der Waals surface area contributed by atoms with Crippen molar-refractivity contribution in [3.63, 3.8) is 0 Å². The van der Waals surface area contributed by atoms with Crippen molar-refractivity contribution in [1.82, 2.24) is 15.5 Å². The lowest BCUT2D eigenvalue weighted by Gasteiger charge is -2.26. The average Bonchev–Trinajstić information content (AvgIpc) is 3.26. The molecule has 1 aliphatic rings. The van der Waals surface area contributed by atoms with E-state index in [4.69, 9.17) is 9.47 Å². The van der Waals surface area contributed by atoms with Crippen LogP contribution in [0.25, 0.3) is 0 Å². The highest BCUT2D eigenvalue weighted by Crippen LogP contribution is 2.28. The van der Waals surface area contributed by atoms with E-state index in [2.05, 4.69) is 15.5 Å². The third kappa shape index (κ3) is 5.89. The van der Waals surface area contributed by atoms with Crippen molar-refractivity contribution < 1.29 is 14.3 Å². The first-order valence-corrected chi connectivity index (χ1v) is 10.6. The second-order valence-corrected chi connectivity index (χ2v) is 7.92. The van der Waals surface area contributed by atoms with Gasteiger partial charge in [0.15, 0.2) is 0 Å². The van der Waals surface area contributed by atoms with Gasteiger partial charge in [0.1, 0.15) is 11.5 Å². The molecular formula is C24H33N3O3. The largest absolute Gasteiger partial charge is 0.496 e. The van der Waals surface area contributed by atoms with Gasteiger partial charge in [0.25, 0.3) is 0 Å². The van der Waals surface area contributed by atoms with Gasteiger partial charge in [-0.05, 0) is 51.9 Å². The SMILES string of the molecule is COc1ccccc1C(CNC(=O)NCc1ccccc1OC1CCCC1)N(C)C. The van der Waals surface area contributed by atoms with E-state index in [0.717, 1.165) is 35.5 Å². The summed E-state index contributed by atoms with van der Waals surface area (Å²) >= 11 is 0. The van der Waals surface area contributed by atoms with Crippen molar-refractivity contribution in [3.05, 3.63) is 59.7 Å². The molecule has 0 saturated heterocycles. The first kappa shape index (κ1) is 22.0. The van der Waals surface area contributed by atoms with Gasteiger partial charge >= 0.3 is 6.03 Å². The number of amides is 2. The predicted molar refractivity (Wildman–Crippen MR) is 119 cm³/mol. The number of benzene rings is 2.